The van der Waals surface area contributed by atoms with Crippen LogP contribution in [0.1, 0.15) is 25.8 Å². The largest absolute Gasteiger partial charge is 0.399 e. The molecule has 0 heterocycles. The van der Waals surface area contributed by atoms with Crippen molar-refractivity contribution in [1.29, 1.82) is 0 Å². The Morgan fingerprint density at radius 1 is 1.26 bits per heavy atom. The van der Waals surface area contributed by atoms with E-state index in [4.69, 9.17) is 10.5 Å². The van der Waals surface area contributed by atoms with Crippen LogP contribution < -0.4 is 5.73 Å². The van der Waals surface area contributed by atoms with Crippen molar-refractivity contribution >= 4 is 15.5 Å². The van der Waals surface area contributed by atoms with E-state index in [0.29, 0.717) is 28.7 Å². The minimum absolute atomic E-state index is 0.00978. The molecular weight excluding hydrogens is 262 g/mol. The van der Waals surface area contributed by atoms with Crippen LogP contribution in [0, 0.1) is 12.8 Å². The lowest BCUT2D eigenvalue weighted by Crippen LogP contribution is -2.14. The maximum Gasteiger partial charge on any atom is 0.180 e. The normalized spacial score (nSPS) is 12.0. The minimum atomic E-state index is -3.29. The lowest BCUT2D eigenvalue weighted by atomic mass is 10.1. The number of rotatable bonds is 7. The summed E-state index contributed by atoms with van der Waals surface area (Å²) in [6.45, 7) is 6.81. The first kappa shape index (κ1) is 16.0. The summed E-state index contributed by atoms with van der Waals surface area (Å²) in [5.41, 5.74) is 6.88. The van der Waals surface area contributed by atoms with Crippen LogP contribution in [-0.2, 0) is 14.6 Å². The van der Waals surface area contributed by atoms with Gasteiger partial charge in [-0.2, -0.15) is 0 Å². The molecular formula is C14H23NO3S. The van der Waals surface area contributed by atoms with Gasteiger partial charge in [-0.05, 0) is 43.0 Å². The molecule has 0 radical (unpaired) electrons. The second-order valence-electron chi connectivity index (χ2n) is 5.14. The molecule has 0 aliphatic carbocycles. The van der Waals surface area contributed by atoms with E-state index in [2.05, 4.69) is 13.8 Å². The molecule has 0 saturated carbocycles. The molecule has 19 heavy (non-hydrogen) atoms. The highest BCUT2D eigenvalue weighted by molar-refractivity contribution is 7.91. The van der Waals surface area contributed by atoms with Gasteiger partial charge in [0.25, 0.3) is 0 Å². The number of nitrogens with two attached hydrogens (primary N) is 1. The Labute approximate surface area is 115 Å². The van der Waals surface area contributed by atoms with Gasteiger partial charge in [-0.1, -0.05) is 13.8 Å². The summed E-state index contributed by atoms with van der Waals surface area (Å²) < 4.78 is 29.6. The summed E-state index contributed by atoms with van der Waals surface area (Å²) in [5, 5.41) is 0. The summed E-state index contributed by atoms with van der Waals surface area (Å²) in [6, 6.07) is 4.85. The number of ether oxygens (including phenoxy) is 1. The first-order chi connectivity index (χ1) is 8.83. The summed E-state index contributed by atoms with van der Waals surface area (Å²) in [5.74, 6) is 0.575. The monoisotopic (exact) mass is 285 g/mol. The highest BCUT2D eigenvalue weighted by Crippen LogP contribution is 2.19. The number of benzene rings is 1. The standard InChI is InChI=1S/C14H23NO3S/c1-11(2)6-7-18-8-9-19(16,17)14-5-4-13(15)10-12(14)3/h4-5,10-11H,6-9,15H2,1-3H3. The predicted molar refractivity (Wildman–Crippen MR) is 77.9 cm³/mol. The second-order valence-corrected chi connectivity index (χ2v) is 7.22. The summed E-state index contributed by atoms with van der Waals surface area (Å²) in [4.78, 5) is 0.342. The van der Waals surface area contributed by atoms with Gasteiger partial charge >= 0.3 is 0 Å². The summed E-state index contributed by atoms with van der Waals surface area (Å²) in [6.07, 6.45) is 0.945. The molecule has 0 fully saturated rings. The second kappa shape index (κ2) is 6.91. The molecule has 0 aromatic heterocycles. The quantitative estimate of drug-likeness (QED) is 0.617. The molecule has 108 valence electrons. The van der Waals surface area contributed by atoms with Crippen molar-refractivity contribution in [2.45, 2.75) is 32.1 Å². The van der Waals surface area contributed by atoms with E-state index >= 15 is 0 Å². The Kier molecular flexibility index (Phi) is 5.82. The van der Waals surface area contributed by atoms with Crippen LogP contribution in [-0.4, -0.2) is 27.4 Å². The molecule has 0 saturated heterocycles. The lowest BCUT2D eigenvalue weighted by Gasteiger charge is -2.09. The highest BCUT2D eigenvalue weighted by Gasteiger charge is 2.16. The SMILES string of the molecule is Cc1cc(N)ccc1S(=O)(=O)CCOCCC(C)C. The fourth-order valence-electron chi connectivity index (χ4n) is 1.72. The third kappa shape index (κ3) is 5.20. The van der Waals surface area contributed by atoms with Crippen LogP contribution in [0.5, 0.6) is 0 Å². The number of nitrogen functional groups attached to an aromatic ring is 1. The lowest BCUT2D eigenvalue weighted by molar-refractivity contribution is 0.137. The maximum absolute atomic E-state index is 12.1. The van der Waals surface area contributed by atoms with Crippen LogP contribution in [0.2, 0.25) is 0 Å². The van der Waals surface area contributed by atoms with Crippen molar-refractivity contribution in [1.82, 2.24) is 0 Å². The fourth-order valence-corrected chi connectivity index (χ4v) is 3.10. The highest BCUT2D eigenvalue weighted by atomic mass is 32.2. The number of sulfone groups is 1. The molecule has 1 aromatic carbocycles. The van der Waals surface area contributed by atoms with E-state index in [0.717, 1.165) is 6.42 Å². The number of anilines is 1. The minimum Gasteiger partial charge on any atom is -0.399 e. The average Bonchev–Trinajstić information content (AvgIpc) is 2.27. The van der Waals surface area contributed by atoms with Crippen molar-refractivity contribution in [3.63, 3.8) is 0 Å². The molecule has 4 nitrogen and oxygen atoms in total. The van der Waals surface area contributed by atoms with Gasteiger partial charge in [-0.25, -0.2) is 8.42 Å². The van der Waals surface area contributed by atoms with Crippen LogP contribution in [0.4, 0.5) is 5.69 Å². The van der Waals surface area contributed by atoms with Gasteiger partial charge in [0, 0.05) is 12.3 Å². The van der Waals surface area contributed by atoms with Crippen molar-refractivity contribution < 1.29 is 13.2 Å². The van der Waals surface area contributed by atoms with Crippen molar-refractivity contribution in [3.8, 4) is 0 Å². The van der Waals surface area contributed by atoms with Crippen LogP contribution in [0.25, 0.3) is 0 Å². The molecule has 0 spiro atoms. The van der Waals surface area contributed by atoms with Crippen LogP contribution in [0.3, 0.4) is 0 Å². The molecule has 0 aliphatic rings. The van der Waals surface area contributed by atoms with Gasteiger partial charge in [0.1, 0.15) is 0 Å². The maximum atomic E-state index is 12.1. The van der Waals surface area contributed by atoms with E-state index in [1.807, 2.05) is 0 Å². The van der Waals surface area contributed by atoms with Gasteiger partial charge in [-0.3, -0.25) is 0 Å². The number of hydrogen-bond donors (Lipinski definition) is 1. The number of aryl methyl sites for hydroxylation is 1. The Morgan fingerprint density at radius 3 is 2.53 bits per heavy atom. The smallest absolute Gasteiger partial charge is 0.180 e. The van der Waals surface area contributed by atoms with E-state index in [1.165, 1.54) is 0 Å². The van der Waals surface area contributed by atoms with E-state index in [1.54, 1.807) is 25.1 Å². The average molecular weight is 285 g/mol. The first-order valence-electron chi connectivity index (χ1n) is 6.49. The molecule has 1 rings (SSSR count). The third-order valence-corrected chi connectivity index (χ3v) is 4.70. The number of hydrogen-bond acceptors (Lipinski definition) is 4. The Morgan fingerprint density at radius 2 is 1.95 bits per heavy atom. The van der Waals surface area contributed by atoms with Crippen LogP contribution in [0.15, 0.2) is 23.1 Å². The molecule has 1 aromatic rings. The molecule has 0 unspecified atom stereocenters. The Hall–Kier alpha value is -1.07. The fraction of sp³-hybridized carbons (Fsp3) is 0.571. The Bertz CT molecular complexity index is 509. The molecule has 0 atom stereocenters. The first-order valence-corrected chi connectivity index (χ1v) is 8.15. The van der Waals surface area contributed by atoms with Gasteiger partial charge in [0.15, 0.2) is 9.84 Å². The molecule has 0 aliphatic heterocycles. The topological polar surface area (TPSA) is 69.4 Å². The molecule has 0 amide bonds. The van der Waals surface area contributed by atoms with Gasteiger partial charge in [-0.15, -0.1) is 0 Å². The van der Waals surface area contributed by atoms with Gasteiger partial charge in [0.05, 0.1) is 17.3 Å². The van der Waals surface area contributed by atoms with Crippen molar-refractivity contribution in [3.05, 3.63) is 23.8 Å². The predicted octanol–water partition coefficient (Wildman–Crippen LogP) is 2.41. The Balaban J connectivity index is 2.56. The van der Waals surface area contributed by atoms with Crippen molar-refractivity contribution in [2.75, 3.05) is 24.7 Å². The molecule has 0 bridgehead atoms. The zero-order valence-corrected chi connectivity index (χ0v) is 12.7. The van der Waals surface area contributed by atoms with Crippen LogP contribution >= 0.6 is 0 Å². The van der Waals surface area contributed by atoms with E-state index in [-0.39, 0.29) is 12.4 Å². The zero-order chi connectivity index (χ0) is 14.5. The molecule has 5 heteroatoms. The zero-order valence-electron chi connectivity index (χ0n) is 11.8. The van der Waals surface area contributed by atoms with E-state index in [9.17, 15) is 8.42 Å². The van der Waals surface area contributed by atoms with Gasteiger partial charge in [0.2, 0.25) is 0 Å². The molecule has 2 N–H and O–H groups in total. The summed E-state index contributed by atoms with van der Waals surface area (Å²) in [7, 11) is -3.29. The summed E-state index contributed by atoms with van der Waals surface area (Å²) >= 11 is 0. The third-order valence-electron chi connectivity index (χ3n) is 2.87. The van der Waals surface area contributed by atoms with Gasteiger partial charge < -0.3 is 10.5 Å². The van der Waals surface area contributed by atoms with Crippen molar-refractivity contribution in [2.24, 2.45) is 5.92 Å². The van der Waals surface area contributed by atoms with E-state index < -0.39 is 9.84 Å².